The quantitative estimate of drug-likeness (QED) is 0.0507. The largest absolute Gasteiger partial charge is 0.309 e. The van der Waals surface area contributed by atoms with Gasteiger partial charge in [-0.15, -0.1) is 0 Å². The van der Waals surface area contributed by atoms with Crippen LogP contribution in [0.4, 0.5) is 11.4 Å². The van der Waals surface area contributed by atoms with Crippen molar-refractivity contribution in [2.24, 2.45) is 0 Å². The number of nitrogens with zero attached hydrogens (tertiary/aromatic N) is 4. The molecule has 0 saturated heterocycles. The normalized spacial score (nSPS) is 11.4. The molecule has 24 aromatic rings. The van der Waals surface area contributed by atoms with Crippen LogP contribution in [0.2, 0.25) is 0 Å². The van der Waals surface area contributed by atoms with Gasteiger partial charge in [0.05, 0.1) is 22.1 Å². The van der Waals surface area contributed by atoms with E-state index in [-0.39, 0.29) is 23.3 Å². The number of aromatic nitrogens is 2. The summed E-state index contributed by atoms with van der Waals surface area (Å²) in [6.07, 6.45) is 0. The van der Waals surface area contributed by atoms with Gasteiger partial charge in [-0.2, -0.15) is 0 Å². The molecule has 0 aliphatic heterocycles. The topological polar surface area (TPSA) is 112 Å². The summed E-state index contributed by atoms with van der Waals surface area (Å²) in [6.45, 7) is 0. The molecule has 0 unspecified atom stereocenters. The zero-order valence-corrected chi connectivity index (χ0v) is 75.3. The maximum atomic E-state index is 10.0. The van der Waals surface area contributed by atoms with Gasteiger partial charge >= 0.3 is 0 Å². The molecule has 8 heteroatoms. The van der Waals surface area contributed by atoms with Crippen molar-refractivity contribution >= 4 is 111 Å². The van der Waals surface area contributed by atoms with E-state index in [2.05, 4.69) is 391 Å². The summed E-state index contributed by atoms with van der Waals surface area (Å²) in [5.74, 6) is 0.826. The lowest BCUT2D eigenvalue weighted by Crippen LogP contribution is -2.37. The summed E-state index contributed by atoms with van der Waals surface area (Å²) in [5, 5.41) is 50.8. The molecule has 4 N–H and O–H groups in total. The van der Waals surface area contributed by atoms with Crippen LogP contribution in [-0.4, -0.2) is 32.5 Å². The summed E-state index contributed by atoms with van der Waals surface area (Å²) < 4.78 is 4.80. The number of rotatable bonds is 18. The number of anilines is 2. The van der Waals surface area contributed by atoms with E-state index in [4.69, 9.17) is 0 Å². The average Bonchev–Trinajstić information content (AvgIpc) is 1.58. The van der Waals surface area contributed by atoms with Crippen molar-refractivity contribution in [3.05, 3.63) is 532 Å². The highest BCUT2D eigenvalue weighted by Crippen LogP contribution is 2.46. The number of fused-ring (bicyclic) bond motifs is 9. The first-order valence-electron chi connectivity index (χ1n) is 46.7. The Morgan fingerprint density at radius 2 is 0.406 bits per heavy atom. The maximum Gasteiger partial charge on any atom is 0.138 e. The van der Waals surface area contributed by atoms with E-state index in [1.807, 2.05) is 127 Å². The summed E-state index contributed by atoms with van der Waals surface area (Å²) >= 11 is 0. The van der Waals surface area contributed by atoms with E-state index in [0.29, 0.717) is 16.7 Å². The number of para-hydroxylation sites is 3. The van der Waals surface area contributed by atoms with Crippen molar-refractivity contribution in [2.75, 3.05) is 9.80 Å². The van der Waals surface area contributed by atoms with E-state index in [9.17, 15) is 21.6 Å². The maximum absolute atomic E-state index is 10.0. The van der Waals surface area contributed by atoms with Crippen LogP contribution < -0.4 is 9.80 Å². The first-order valence-corrected chi connectivity index (χ1v) is 46.7. The predicted octanol–water partition coefficient (Wildman–Crippen LogP) is 33.7. The van der Waals surface area contributed by atoms with E-state index in [1.54, 1.807) is 9.80 Å². The zero-order chi connectivity index (χ0) is 92.3. The number of amidine groups is 4. The second-order valence-electron chi connectivity index (χ2n) is 35.4. The van der Waals surface area contributed by atoms with Gasteiger partial charge in [0.1, 0.15) is 23.3 Å². The van der Waals surface area contributed by atoms with Crippen molar-refractivity contribution in [1.82, 2.24) is 9.13 Å². The molecule has 8 nitrogen and oxygen atoms in total. The molecule has 0 saturated carbocycles. The Kier molecular flexibility index (Phi) is 21.1. The van der Waals surface area contributed by atoms with E-state index < -0.39 is 0 Å². The molecule has 22 aromatic carbocycles. The third-order valence-corrected chi connectivity index (χ3v) is 27.4. The molecule has 0 aliphatic rings. The molecule has 0 atom stereocenters. The van der Waals surface area contributed by atoms with Gasteiger partial charge in [0, 0.05) is 66.5 Å². The average molecular weight is 1760 g/mol. The Morgan fingerprint density at radius 3 is 0.797 bits per heavy atom. The van der Waals surface area contributed by atoms with Crippen LogP contribution in [0.5, 0.6) is 0 Å². The van der Waals surface area contributed by atoms with Gasteiger partial charge in [0.25, 0.3) is 0 Å². The van der Waals surface area contributed by atoms with Crippen molar-refractivity contribution in [1.29, 1.82) is 21.6 Å². The van der Waals surface area contributed by atoms with Gasteiger partial charge in [-0.3, -0.25) is 31.4 Å². The Labute approximate surface area is 800 Å². The summed E-state index contributed by atoms with van der Waals surface area (Å²) in [5.41, 5.74) is 33.1. The van der Waals surface area contributed by atoms with Crippen LogP contribution in [0.3, 0.4) is 0 Å². The molecule has 0 radical (unpaired) electrons. The summed E-state index contributed by atoms with van der Waals surface area (Å²) in [4.78, 5) is 3.44. The van der Waals surface area contributed by atoms with Gasteiger partial charge in [-0.05, 0) is 253 Å². The Bertz CT molecular complexity index is 8920. The van der Waals surface area contributed by atoms with Crippen LogP contribution in [0.1, 0.15) is 22.3 Å². The van der Waals surface area contributed by atoms with Crippen molar-refractivity contribution in [3.63, 3.8) is 0 Å². The smallest absolute Gasteiger partial charge is 0.138 e. The molecule has 0 aliphatic carbocycles. The van der Waals surface area contributed by atoms with E-state index in [1.165, 1.54) is 43.4 Å². The molecule has 0 spiro atoms. The second kappa shape index (κ2) is 35.2. The highest BCUT2D eigenvalue weighted by atomic mass is 15.2. The summed E-state index contributed by atoms with van der Waals surface area (Å²) in [6, 6.07) is 180. The fourth-order valence-corrected chi connectivity index (χ4v) is 20.4. The highest BCUT2D eigenvalue weighted by molar-refractivity contribution is 6.29. The fraction of sp³-hybridized carbons (Fsp3) is 0. The molecule has 24 rings (SSSR count). The highest BCUT2D eigenvalue weighted by Gasteiger charge is 2.27. The monoisotopic (exact) mass is 1760 g/mol. The lowest BCUT2D eigenvalue weighted by Gasteiger charge is -2.26. The van der Waals surface area contributed by atoms with Gasteiger partial charge in [0.15, 0.2) is 0 Å². The number of benzene rings is 22. The van der Waals surface area contributed by atoms with Gasteiger partial charge in [-0.1, -0.05) is 400 Å². The molecule has 648 valence electrons. The third kappa shape index (κ3) is 15.1. The van der Waals surface area contributed by atoms with Crippen molar-refractivity contribution in [3.8, 4) is 123 Å². The number of hydrogen-bond donors (Lipinski definition) is 4. The molecular weight excluding hydrogens is 1670 g/mol. The predicted molar refractivity (Wildman–Crippen MR) is 580 cm³/mol. The molecule has 2 heterocycles. The molecule has 138 heavy (non-hydrogen) atoms. The van der Waals surface area contributed by atoms with Crippen LogP contribution in [0.15, 0.2) is 510 Å². The minimum absolute atomic E-state index is 0.191. The fourth-order valence-electron chi connectivity index (χ4n) is 20.4. The Balaban J connectivity index is 0.496. The zero-order valence-electron chi connectivity index (χ0n) is 75.3. The SMILES string of the molecule is N=C(c1ccccc1)N(C(=N)c1ccc(-c2ccccc2-c2ccccc2-c2ccc(-n3c4ccc(-c5ccc6ccccc6c5)cc4c4cc(-c5ccc6c(-c7ccc(C(=N)N(C(=N)c8ccc(-c9ccccc9-c9ccccc9-c9ccc(-n%10c%11ccccc%11c%11cc(-c%12ccc%13ccccc%13c%12)ccc%11%10)cc9)cc8)c8ccccc8)cc7)cccc6c5)ccc43)cc2)cc1)c1ccccc1. The lowest BCUT2D eigenvalue weighted by atomic mass is 9.89. The second-order valence-corrected chi connectivity index (χ2v) is 35.4. The van der Waals surface area contributed by atoms with Gasteiger partial charge in [-0.25, -0.2) is 0 Å². The first kappa shape index (κ1) is 82.6. The van der Waals surface area contributed by atoms with Crippen molar-refractivity contribution < 1.29 is 0 Å². The van der Waals surface area contributed by atoms with Gasteiger partial charge in [0.2, 0.25) is 0 Å². The molecule has 2 aromatic heterocycles. The minimum atomic E-state index is 0.191. The van der Waals surface area contributed by atoms with Crippen LogP contribution in [-0.2, 0) is 0 Å². The number of hydrogen-bond acceptors (Lipinski definition) is 4. The molecule has 0 fully saturated rings. The van der Waals surface area contributed by atoms with Crippen LogP contribution in [0.25, 0.3) is 199 Å². The van der Waals surface area contributed by atoms with E-state index in [0.717, 1.165) is 172 Å². The Hall–Kier alpha value is -18.5. The Morgan fingerprint density at radius 1 is 0.152 bits per heavy atom. The molecular formula is C130H88N8. The van der Waals surface area contributed by atoms with Crippen LogP contribution in [0, 0.1) is 21.6 Å². The third-order valence-electron chi connectivity index (χ3n) is 27.4. The standard InChI is InChI=1S/C130H88N8/c131-127(92-27-4-1-5-28-92)137(105-32-6-2-7-33-105)128(132)94-57-51-88(52-58-94)110-36-14-19-41-116(110)118-43-21-17-39-113(118)91-65-73-108(74-66-91)136-125-77-69-102(99-62-48-86-26-11-13-30-97(86)80-99)83-121(125)122-84-103(70-78-126(122)136)100-67-75-114-104(81-100)31-24-45-109(114)87-49-55-93(56-50-87)129(133)138(106-34-8-3-9-35-106)130(134)95-59-53-89(54-60-95)111-37-15-18-40-115(111)117-42-20-16-38-112(117)90-63-71-107(72-64-90)135-123-46-23-22-44-119(123)120-82-101(68-76-124(120)135)98-61-47-85-25-10-12-29-96(85)79-98/h1-84,131-134H. The van der Waals surface area contributed by atoms with Crippen molar-refractivity contribution in [2.45, 2.75) is 0 Å². The van der Waals surface area contributed by atoms with Crippen LogP contribution >= 0.6 is 0 Å². The lowest BCUT2D eigenvalue weighted by molar-refractivity contribution is 1.18. The van der Waals surface area contributed by atoms with E-state index >= 15 is 0 Å². The molecule has 0 amide bonds. The number of nitrogens with one attached hydrogen (secondary N) is 4. The minimum Gasteiger partial charge on any atom is -0.309 e. The molecule has 0 bridgehead atoms. The first-order chi connectivity index (χ1) is 68.1. The summed E-state index contributed by atoms with van der Waals surface area (Å²) in [7, 11) is 0. The van der Waals surface area contributed by atoms with Gasteiger partial charge < -0.3 is 9.13 Å².